The van der Waals surface area contributed by atoms with E-state index in [1.807, 2.05) is 0 Å². The molecular formula is C13H16Cl2FNO. The Balaban J connectivity index is 2.36. The Labute approximate surface area is 116 Å². The van der Waals surface area contributed by atoms with Crippen molar-refractivity contribution in [1.82, 2.24) is 5.32 Å². The van der Waals surface area contributed by atoms with Gasteiger partial charge in [0.05, 0.1) is 6.42 Å². The van der Waals surface area contributed by atoms with Gasteiger partial charge < -0.3 is 5.32 Å². The summed E-state index contributed by atoms with van der Waals surface area (Å²) in [5.74, 6) is -0.0219. The molecule has 2 nitrogen and oxygen atoms in total. The monoisotopic (exact) mass is 291 g/mol. The number of alkyl halides is 1. The molecule has 5 heteroatoms. The van der Waals surface area contributed by atoms with Crippen molar-refractivity contribution >= 4 is 29.1 Å². The summed E-state index contributed by atoms with van der Waals surface area (Å²) >= 11 is 11.4. The minimum Gasteiger partial charge on any atom is -0.356 e. The first-order valence-electron chi connectivity index (χ1n) is 5.90. The van der Waals surface area contributed by atoms with Crippen LogP contribution in [0.5, 0.6) is 0 Å². The zero-order chi connectivity index (χ0) is 13.4. The Hall–Kier alpha value is -0.800. The van der Waals surface area contributed by atoms with Crippen LogP contribution in [0.4, 0.5) is 4.39 Å². The fourth-order valence-corrected chi connectivity index (χ4v) is 1.97. The van der Waals surface area contributed by atoms with Crippen LogP contribution in [0.15, 0.2) is 18.2 Å². The molecule has 0 atom stereocenters. The number of rotatable bonds is 7. The molecule has 0 saturated carbocycles. The van der Waals surface area contributed by atoms with Gasteiger partial charge in [0, 0.05) is 23.0 Å². The summed E-state index contributed by atoms with van der Waals surface area (Å²) in [5.41, 5.74) is 0.248. The summed E-state index contributed by atoms with van der Waals surface area (Å²) in [4.78, 5) is 11.6. The number of carbonyl (C=O) groups is 1. The Morgan fingerprint density at radius 1 is 1.28 bits per heavy atom. The number of nitrogens with one attached hydrogen (secondary N) is 1. The molecule has 0 heterocycles. The number of carbonyl (C=O) groups excluding carboxylic acids is 1. The van der Waals surface area contributed by atoms with E-state index in [1.165, 1.54) is 12.1 Å². The van der Waals surface area contributed by atoms with Crippen LogP contribution in [0.3, 0.4) is 0 Å². The van der Waals surface area contributed by atoms with Gasteiger partial charge in [-0.15, -0.1) is 11.6 Å². The molecule has 0 saturated heterocycles. The molecule has 0 unspecified atom stereocenters. The molecule has 18 heavy (non-hydrogen) atoms. The minimum atomic E-state index is -0.445. The van der Waals surface area contributed by atoms with Crippen LogP contribution in [-0.4, -0.2) is 18.3 Å². The van der Waals surface area contributed by atoms with Crippen LogP contribution >= 0.6 is 23.2 Å². The highest BCUT2D eigenvalue weighted by Gasteiger charge is 2.11. The van der Waals surface area contributed by atoms with Crippen LogP contribution in [0.1, 0.15) is 24.8 Å². The van der Waals surface area contributed by atoms with Gasteiger partial charge in [0.15, 0.2) is 0 Å². The lowest BCUT2D eigenvalue weighted by Gasteiger charge is -2.07. The number of halogens is 3. The van der Waals surface area contributed by atoms with Crippen LogP contribution in [-0.2, 0) is 11.2 Å². The van der Waals surface area contributed by atoms with Crippen molar-refractivity contribution in [3.05, 3.63) is 34.6 Å². The normalized spacial score (nSPS) is 10.4. The van der Waals surface area contributed by atoms with Gasteiger partial charge in [0.1, 0.15) is 5.82 Å². The summed E-state index contributed by atoms with van der Waals surface area (Å²) in [6.45, 7) is 0.585. The Kier molecular flexibility index (Phi) is 7.06. The lowest BCUT2D eigenvalue weighted by atomic mass is 10.1. The van der Waals surface area contributed by atoms with Crippen molar-refractivity contribution in [2.45, 2.75) is 25.7 Å². The quantitative estimate of drug-likeness (QED) is 0.604. The molecule has 1 aromatic carbocycles. The number of hydrogen-bond acceptors (Lipinski definition) is 1. The third-order valence-electron chi connectivity index (χ3n) is 2.53. The first kappa shape index (κ1) is 15.3. The summed E-state index contributed by atoms with van der Waals surface area (Å²) in [6, 6.07) is 4.40. The van der Waals surface area contributed by atoms with Crippen molar-refractivity contribution < 1.29 is 9.18 Å². The van der Waals surface area contributed by atoms with E-state index in [1.54, 1.807) is 6.07 Å². The molecule has 0 fully saturated rings. The van der Waals surface area contributed by atoms with Crippen molar-refractivity contribution in [1.29, 1.82) is 0 Å². The summed E-state index contributed by atoms with van der Waals surface area (Å²) < 4.78 is 13.4. The average molecular weight is 292 g/mol. The maximum atomic E-state index is 13.4. The molecule has 0 aliphatic rings. The average Bonchev–Trinajstić information content (AvgIpc) is 2.34. The van der Waals surface area contributed by atoms with Crippen molar-refractivity contribution in [3.63, 3.8) is 0 Å². The van der Waals surface area contributed by atoms with Gasteiger partial charge >= 0.3 is 0 Å². The standard InChI is InChI=1S/C13H16Cl2FNO/c14-7-2-1-3-8-17-13(18)9-10-11(15)5-4-6-12(10)16/h4-6H,1-3,7-9H2,(H,17,18). The zero-order valence-corrected chi connectivity index (χ0v) is 11.5. The van der Waals surface area contributed by atoms with E-state index >= 15 is 0 Å². The Morgan fingerprint density at radius 3 is 2.72 bits per heavy atom. The highest BCUT2D eigenvalue weighted by Crippen LogP contribution is 2.19. The Morgan fingerprint density at radius 2 is 2.06 bits per heavy atom. The van der Waals surface area contributed by atoms with Crippen LogP contribution in [0.25, 0.3) is 0 Å². The number of amides is 1. The second-order valence-corrected chi connectivity index (χ2v) is 4.76. The van der Waals surface area contributed by atoms with Crippen LogP contribution in [0, 0.1) is 5.82 Å². The third-order valence-corrected chi connectivity index (χ3v) is 3.15. The second kappa shape index (κ2) is 8.33. The SMILES string of the molecule is O=C(Cc1c(F)cccc1Cl)NCCCCCCl. The van der Waals surface area contributed by atoms with Gasteiger partial charge in [-0.3, -0.25) is 4.79 Å². The topological polar surface area (TPSA) is 29.1 Å². The molecule has 1 rings (SSSR count). The molecule has 1 N–H and O–H groups in total. The number of unbranched alkanes of at least 4 members (excludes halogenated alkanes) is 2. The van der Waals surface area contributed by atoms with Gasteiger partial charge in [-0.05, 0) is 25.0 Å². The zero-order valence-electron chi connectivity index (χ0n) is 10.0. The lowest BCUT2D eigenvalue weighted by Crippen LogP contribution is -2.26. The summed E-state index contributed by atoms with van der Waals surface area (Å²) in [6.07, 6.45) is 2.77. The van der Waals surface area contributed by atoms with Crippen LogP contribution < -0.4 is 5.32 Å². The van der Waals surface area contributed by atoms with Crippen molar-refractivity contribution in [3.8, 4) is 0 Å². The van der Waals surface area contributed by atoms with E-state index in [4.69, 9.17) is 23.2 Å². The molecule has 0 aliphatic heterocycles. The molecule has 100 valence electrons. The first-order valence-corrected chi connectivity index (χ1v) is 6.82. The van der Waals surface area contributed by atoms with Gasteiger partial charge in [-0.2, -0.15) is 0 Å². The molecule has 0 aliphatic carbocycles. The maximum absolute atomic E-state index is 13.4. The molecule has 1 aromatic rings. The molecule has 0 radical (unpaired) electrons. The van der Waals surface area contributed by atoms with Crippen molar-refractivity contribution in [2.24, 2.45) is 0 Å². The molecule has 0 aromatic heterocycles. The van der Waals surface area contributed by atoms with Gasteiger partial charge in [-0.1, -0.05) is 24.1 Å². The Bertz CT molecular complexity index is 378. The van der Waals surface area contributed by atoms with E-state index in [-0.39, 0.29) is 22.9 Å². The van der Waals surface area contributed by atoms with Gasteiger partial charge in [0.2, 0.25) is 5.91 Å². The largest absolute Gasteiger partial charge is 0.356 e. The highest BCUT2D eigenvalue weighted by molar-refractivity contribution is 6.31. The van der Waals surface area contributed by atoms with Crippen LogP contribution in [0.2, 0.25) is 5.02 Å². The summed E-state index contributed by atoms with van der Waals surface area (Å²) in [7, 11) is 0. The molecule has 1 amide bonds. The molecular weight excluding hydrogens is 276 g/mol. The van der Waals surface area contributed by atoms with Gasteiger partial charge in [-0.25, -0.2) is 4.39 Å². The third kappa shape index (κ3) is 5.23. The van der Waals surface area contributed by atoms with E-state index in [2.05, 4.69) is 5.32 Å². The predicted molar refractivity (Wildman–Crippen MR) is 72.7 cm³/mol. The number of benzene rings is 1. The minimum absolute atomic E-state index is 0.0268. The van der Waals surface area contributed by atoms with E-state index in [0.29, 0.717) is 12.4 Å². The molecule has 0 bridgehead atoms. The van der Waals surface area contributed by atoms with E-state index in [9.17, 15) is 9.18 Å². The second-order valence-electron chi connectivity index (χ2n) is 3.98. The maximum Gasteiger partial charge on any atom is 0.224 e. The fraction of sp³-hybridized carbons (Fsp3) is 0.462. The van der Waals surface area contributed by atoms with Gasteiger partial charge in [0.25, 0.3) is 0 Å². The highest BCUT2D eigenvalue weighted by atomic mass is 35.5. The fourth-order valence-electron chi connectivity index (χ4n) is 1.55. The molecule has 0 spiro atoms. The van der Waals surface area contributed by atoms with Crippen molar-refractivity contribution in [2.75, 3.05) is 12.4 Å². The lowest BCUT2D eigenvalue weighted by molar-refractivity contribution is -0.120. The predicted octanol–water partition coefficient (Wildman–Crippen LogP) is 3.55. The van der Waals surface area contributed by atoms with E-state index < -0.39 is 5.82 Å². The smallest absolute Gasteiger partial charge is 0.224 e. The summed E-state index contributed by atoms with van der Waals surface area (Å²) in [5, 5.41) is 3.02. The first-order chi connectivity index (χ1) is 8.65. The number of hydrogen-bond donors (Lipinski definition) is 1. The van der Waals surface area contributed by atoms with E-state index in [0.717, 1.165) is 19.3 Å².